The van der Waals surface area contributed by atoms with Gasteiger partial charge in [-0.2, -0.15) is 0 Å². The molecule has 0 saturated carbocycles. The minimum absolute atomic E-state index is 0.0707. The third-order valence-electron chi connectivity index (χ3n) is 1.81. The van der Waals surface area contributed by atoms with Crippen LogP contribution in [-0.4, -0.2) is 10.1 Å². The van der Waals surface area contributed by atoms with E-state index >= 15 is 0 Å². The molecule has 0 aliphatic heterocycles. The highest BCUT2D eigenvalue weighted by molar-refractivity contribution is 9.10. The molecule has 0 atom stereocenters. The summed E-state index contributed by atoms with van der Waals surface area (Å²) in [6, 6.07) is 9.77. The van der Waals surface area contributed by atoms with Crippen LogP contribution < -0.4 is 0 Å². The third kappa shape index (κ3) is 3.46. The number of hydrogen-bond donors (Lipinski definition) is 0. The summed E-state index contributed by atoms with van der Waals surface area (Å²) >= 11 is 3.32. The number of ketones is 1. The molecule has 0 amide bonds. The van der Waals surface area contributed by atoms with Gasteiger partial charge >= 0.3 is 0 Å². The van der Waals surface area contributed by atoms with Gasteiger partial charge in [-0.05, 0) is 25.5 Å². The molecule has 0 aliphatic carbocycles. The molecule has 1 nitrogen and oxygen atoms in total. The van der Waals surface area contributed by atoms with Gasteiger partial charge in [-0.3, -0.25) is 4.79 Å². The average molecular weight is 253 g/mol. The summed E-state index contributed by atoms with van der Waals surface area (Å²) in [7, 11) is 0. The van der Waals surface area contributed by atoms with Gasteiger partial charge in [0, 0.05) is 0 Å². The number of allylic oxidation sites excluding steroid dienone is 1. The van der Waals surface area contributed by atoms with Crippen molar-refractivity contribution in [3.8, 4) is 0 Å². The highest BCUT2D eigenvalue weighted by Crippen LogP contribution is 2.18. The first-order chi connectivity index (χ1) is 6.50. The van der Waals surface area contributed by atoms with Crippen molar-refractivity contribution in [2.75, 3.05) is 0 Å². The third-order valence-corrected chi connectivity index (χ3v) is 2.20. The van der Waals surface area contributed by atoms with Gasteiger partial charge in [0.15, 0.2) is 5.78 Å². The maximum Gasteiger partial charge on any atom is 0.171 e. The predicted octanol–water partition coefficient (Wildman–Crippen LogP) is 3.44. The molecule has 14 heavy (non-hydrogen) atoms. The van der Waals surface area contributed by atoms with Crippen LogP contribution in [0.3, 0.4) is 0 Å². The van der Waals surface area contributed by atoms with Crippen LogP contribution in [0.1, 0.15) is 19.4 Å². The minimum atomic E-state index is -0.474. The van der Waals surface area contributed by atoms with Crippen LogP contribution in [0.4, 0.5) is 0 Å². The predicted molar refractivity (Wildman–Crippen MR) is 63.5 cm³/mol. The molecule has 1 aromatic carbocycles. The first kappa shape index (κ1) is 11.2. The van der Waals surface area contributed by atoms with Gasteiger partial charge in [0.1, 0.15) is 0 Å². The van der Waals surface area contributed by atoms with E-state index in [2.05, 4.69) is 15.9 Å². The zero-order valence-electron chi connectivity index (χ0n) is 8.33. The van der Waals surface area contributed by atoms with Crippen LogP contribution in [-0.2, 0) is 4.79 Å². The Morgan fingerprint density at radius 1 is 1.29 bits per heavy atom. The second-order valence-corrected chi connectivity index (χ2v) is 5.56. The Hall–Kier alpha value is -0.890. The second kappa shape index (κ2) is 4.56. The van der Waals surface area contributed by atoms with Gasteiger partial charge in [-0.15, -0.1) is 0 Å². The summed E-state index contributed by atoms with van der Waals surface area (Å²) in [6.07, 6.45) is 3.43. The van der Waals surface area contributed by atoms with Crippen molar-refractivity contribution >= 4 is 27.8 Å². The van der Waals surface area contributed by atoms with Crippen molar-refractivity contribution in [3.05, 3.63) is 42.0 Å². The fourth-order valence-electron chi connectivity index (χ4n) is 0.934. The Labute approximate surface area is 93.0 Å². The molecule has 0 radical (unpaired) electrons. The minimum Gasteiger partial charge on any atom is -0.293 e. The molecule has 0 fully saturated rings. The van der Waals surface area contributed by atoms with Crippen LogP contribution >= 0.6 is 15.9 Å². The number of carbonyl (C=O) groups is 1. The van der Waals surface area contributed by atoms with Crippen LogP contribution in [0.15, 0.2) is 36.4 Å². The number of benzene rings is 1. The van der Waals surface area contributed by atoms with Crippen molar-refractivity contribution in [3.63, 3.8) is 0 Å². The van der Waals surface area contributed by atoms with Gasteiger partial charge in [0.05, 0.1) is 4.32 Å². The molecule has 74 valence electrons. The topological polar surface area (TPSA) is 17.1 Å². The van der Waals surface area contributed by atoms with E-state index in [1.165, 1.54) is 0 Å². The van der Waals surface area contributed by atoms with Crippen molar-refractivity contribution in [1.29, 1.82) is 0 Å². The fourth-order valence-corrected chi connectivity index (χ4v) is 1.07. The molecule has 1 rings (SSSR count). The Bertz CT molecular complexity index is 333. The monoisotopic (exact) mass is 252 g/mol. The van der Waals surface area contributed by atoms with Crippen molar-refractivity contribution in [1.82, 2.24) is 0 Å². The van der Waals surface area contributed by atoms with Gasteiger partial charge in [0.2, 0.25) is 0 Å². The van der Waals surface area contributed by atoms with E-state index in [1.54, 1.807) is 6.08 Å². The van der Waals surface area contributed by atoms with Crippen LogP contribution in [0, 0.1) is 0 Å². The lowest BCUT2D eigenvalue weighted by Crippen LogP contribution is -2.21. The highest BCUT2D eigenvalue weighted by Gasteiger charge is 2.20. The molecule has 0 bridgehead atoms. The largest absolute Gasteiger partial charge is 0.293 e. The number of hydrogen-bond acceptors (Lipinski definition) is 1. The van der Waals surface area contributed by atoms with Gasteiger partial charge in [0.25, 0.3) is 0 Å². The SMILES string of the molecule is CC(C)(Br)C(=O)C=Cc1ccccc1. The maximum absolute atomic E-state index is 11.5. The van der Waals surface area contributed by atoms with E-state index in [9.17, 15) is 4.79 Å². The summed E-state index contributed by atoms with van der Waals surface area (Å²) in [5.41, 5.74) is 1.04. The van der Waals surface area contributed by atoms with Crippen molar-refractivity contribution in [2.45, 2.75) is 18.2 Å². The summed E-state index contributed by atoms with van der Waals surface area (Å²) in [4.78, 5) is 11.5. The Morgan fingerprint density at radius 2 is 1.86 bits per heavy atom. The Kier molecular flexibility index (Phi) is 3.64. The van der Waals surface area contributed by atoms with E-state index in [1.807, 2.05) is 50.3 Å². The first-order valence-corrected chi connectivity index (χ1v) is 5.26. The zero-order chi connectivity index (χ0) is 10.6. The number of rotatable bonds is 3. The first-order valence-electron chi connectivity index (χ1n) is 4.46. The molecule has 0 aliphatic rings. The Morgan fingerprint density at radius 3 is 2.36 bits per heavy atom. The van der Waals surface area contributed by atoms with E-state index in [4.69, 9.17) is 0 Å². The van der Waals surface area contributed by atoms with Crippen LogP contribution in [0.25, 0.3) is 6.08 Å². The van der Waals surface area contributed by atoms with Gasteiger partial charge < -0.3 is 0 Å². The molecule has 0 unspecified atom stereocenters. The summed E-state index contributed by atoms with van der Waals surface area (Å²) < 4.78 is -0.474. The van der Waals surface area contributed by atoms with Crippen LogP contribution in [0.2, 0.25) is 0 Å². The zero-order valence-corrected chi connectivity index (χ0v) is 9.91. The summed E-state index contributed by atoms with van der Waals surface area (Å²) in [5.74, 6) is 0.0707. The van der Waals surface area contributed by atoms with Crippen molar-refractivity contribution < 1.29 is 4.79 Å². The van der Waals surface area contributed by atoms with E-state index < -0.39 is 4.32 Å². The molecule has 0 heterocycles. The molecule has 0 saturated heterocycles. The summed E-state index contributed by atoms with van der Waals surface area (Å²) in [6.45, 7) is 3.68. The molecular weight excluding hydrogens is 240 g/mol. The van der Waals surface area contributed by atoms with E-state index in [0.717, 1.165) is 5.56 Å². The van der Waals surface area contributed by atoms with E-state index in [-0.39, 0.29) is 5.78 Å². The van der Waals surface area contributed by atoms with Gasteiger partial charge in [-0.1, -0.05) is 52.3 Å². The highest BCUT2D eigenvalue weighted by atomic mass is 79.9. The lowest BCUT2D eigenvalue weighted by Gasteiger charge is -2.10. The standard InChI is InChI=1S/C12H13BrO/c1-12(2,13)11(14)9-8-10-6-4-3-5-7-10/h3-9H,1-2H3. The number of halogens is 1. The molecule has 1 aromatic rings. The Balaban J connectivity index is 2.71. The lowest BCUT2D eigenvalue weighted by molar-refractivity contribution is -0.115. The normalized spacial score (nSPS) is 11.9. The quantitative estimate of drug-likeness (QED) is 0.595. The average Bonchev–Trinajstić information content (AvgIpc) is 2.14. The summed E-state index contributed by atoms with van der Waals surface area (Å²) in [5, 5.41) is 0. The fraction of sp³-hybridized carbons (Fsp3) is 0.250. The molecule has 0 spiro atoms. The maximum atomic E-state index is 11.5. The van der Waals surface area contributed by atoms with Crippen LogP contribution in [0.5, 0.6) is 0 Å². The van der Waals surface area contributed by atoms with Crippen molar-refractivity contribution in [2.24, 2.45) is 0 Å². The molecule has 0 aromatic heterocycles. The number of carbonyl (C=O) groups excluding carboxylic acids is 1. The molecular formula is C12H13BrO. The number of alkyl halides is 1. The van der Waals surface area contributed by atoms with Gasteiger partial charge in [-0.25, -0.2) is 0 Å². The lowest BCUT2D eigenvalue weighted by atomic mass is 10.1. The second-order valence-electron chi connectivity index (χ2n) is 3.58. The smallest absolute Gasteiger partial charge is 0.171 e. The molecule has 2 heteroatoms. The molecule has 0 N–H and O–H groups in total. The van der Waals surface area contributed by atoms with E-state index in [0.29, 0.717) is 0 Å².